The largest absolute Gasteiger partial charge is 0.368 e. The number of nitrogens with one attached hydrogen (secondary N) is 1. The van der Waals surface area contributed by atoms with E-state index in [9.17, 15) is 0 Å². The topological polar surface area (TPSA) is 37.9 Å². The van der Waals surface area contributed by atoms with E-state index in [1.54, 1.807) is 36.2 Å². The lowest BCUT2D eigenvalue weighted by atomic mass is 10.0. The fraction of sp³-hybridized carbons (Fsp3) is 0.211. The number of ether oxygens (including phenoxy) is 1. The number of aromatic amines is 1. The molecule has 140 valence electrons. The predicted octanol–water partition coefficient (Wildman–Crippen LogP) is 7.00. The first-order valence-corrected chi connectivity index (χ1v) is 10.6. The van der Waals surface area contributed by atoms with Crippen LogP contribution in [0.25, 0.3) is 0 Å². The molecule has 0 aliphatic carbocycles. The minimum atomic E-state index is -0.182. The number of H-pyrrole nitrogens is 1. The van der Waals surface area contributed by atoms with Gasteiger partial charge in [0.1, 0.15) is 5.82 Å². The normalized spacial score (nSPS) is 18.7. The number of nitrogens with zero attached hydrogens (tertiary/aromatic N) is 1. The molecular weight excluding hydrogens is 446 g/mol. The fourth-order valence-corrected chi connectivity index (χ4v) is 5.57. The van der Waals surface area contributed by atoms with Crippen LogP contribution in [-0.2, 0) is 17.8 Å². The Bertz CT molecular complexity index is 965. The second-order valence-corrected chi connectivity index (χ2v) is 9.11. The van der Waals surface area contributed by atoms with Crippen molar-refractivity contribution >= 4 is 58.2 Å². The second-order valence-electron chi connectivity index (χ2n) is 6.17. The molecule has 2 aromatic carbocycles. The van der Waals surface area contributed by atoms with Gasteiger partial charge in [-0.2, -0.15) is 0 Å². The molecule has 0 fully saturated rings. The highest BCUT2D eigenvalue weighted by Crippen LogP contribution is 2.51. The third kappa shape index (κ3) is 4.26. The number of fused-ring (bicyclic) bond motifs is 1. The molecule has 0 bridgehead atoms. The number of hydrogen-bond donors (Lipinski definition) is 1. The van der Waals surface area contributed by atoms with E-state index in [1.165, 1.54) is 0 Å². The van der Waals surface area contributed by atoms with Crippen molar-refractivity contribution in [3.8, 4) is 0 Å². The quantitative estimate of drug-likeness (QED) is 0.446. The zero-order valence-corrected chi connectivity index (χ0v) is 17.7. The summed E-state index contributed by atoms with van der Waals surface area (Å²) in [6.07, 6.45) is 4.10. The maximum atomic E-state index is 6.43. The van der Waals surface area contributed by atoms with Crippen LogP contribution in [-0.4, -0.2) is 15.2 Å². The average Bonchev–Trinajstić information content (AvgIpc) is 3.23. The highest BCUT2D eigenvalue weighted by Gasteiger charge is 2.36. The van der Waals surface area contributed by atoms with E-state index in [4.69, 9.17) is 51.1 Å². The molecule has 0 unspecified atom stereocenters. The van der Waals surface area contributed by atoms with Crippen LogP contribution in [0.5, 0.6) is 0 Å². The Balaban J connectivity index is 1.61. The van der Waals surface area contributed by atoms with E-state index in [-0.39, 0.29) is 11.4 Å². The number of benzene rings is 2. The van der Waals surface area contributed by atoms with Crippen molar-refractivity contribution in [3.05, 3.63) is 79.8 Å². The van der Waals surface area contributed by atoms with Gasteiger partial charge in [-0.1, -0.05) is 52.5 Å². The molecule has 1 N–H and O–H groups in total. The number of thioether (sulfide) groups is 1. The predicted molar refractivity (Wildman–Crippen MR) is 112 cm³/mol. The molecule has 0 saturated heterocycles. The van der Waals surface area contributed by atoms with Crippen molar-refractivity contribution in [2.24, 2.45) is 0 Å². The first-order valence-electron chi connectivity index (χ1n) is 8.20. The molecule has 8 heteroatoms. The maximum absolute atomic E-state index is 6.43. The Hall–Kier alpha value is -0.880. The van der Waals surface area contributed by atoms with E-state index in [0.29, 0.717) is 26.7 Å². The van der Waals surface area contributed by atoms with E-state index in [0.717, 1.165) is 28.3 Å². The van der Waals surface area contributed by atoms with Gasteiger partial charge >= 0.3 is 0 Å². The minimum Gasteiger partial charge on any atom is -0.368 e. The van der Waals surface area contributed by atoms with Gasteiger partial charge in [-0.3, -0.25) is 0 Å². The highest BCUT2D eigenvalue weighted by molar-refractivity contribution is 8.00. The van der Waals surface area contributed by atoms with Crippen LogP contribution in [0.2, 0.25) is 20.1 Å². The van der Waals surface area contributed by atoms with Crippen molar-refractivity contribution in [1.82, 2.24) is 9.97 Å². The van der Waals surface area contributed by atoms with Crippen LogP contribution < -0.4 is 0 Å². The molecule has 1 aromatic heterocycles. The zero-order chi connectivity index (χ0) is 19.0. The van der Waals surface area contributed by atoms with Crippen molar-refractivity contribution in [1.29, 1.82) is 0 Å². The lowest BCUT2D eigenvalue weighted by Gasteiger charge is -2.20. The minimum absolute atomic E-state index is 0.119. The Kier molecular flexibility index (Phi) is 5.93. The van der Waals surface area contributed by atoms with Gasteiger partial charge in [-0.25, -0.2) is 4.98 Å². The van der Waals surface area contributed by atoms with E-state index in [1.807, 2.05) is 18.3 Å². The van der Waals surface area contributed by atoms with Crippen molar-refractivity contribution in [3.63, 3.8) is 0 Å². The molecule has 0 spiro atoms. The smallest absolute Gasteiger partial charge is 0.107 e. The van der Waals surface area contributed by atoms with Gasteiger partial charge in [0.15, 0.2) is 0 Å². The van der Waals surface area contributed by atoms with Crippen LogP contribution in [0, 0.1) is 0 Å². The molecule has 2 heterocycles. The molecule has 4 rings (SSSR count). The summed E-state index contributed by atoms with van der Waals surface area (Å²) in [5, 5.41) is 2.53. The Morgan fingerprint density at radius 2 is 1.85 bits per heavy atom. The van der Waals surface area contributed by atoms with Crippen molar-refractivity contribution in [2.75, 3.05) is 0 Å². The summed E-state index contributed by atoms with van der Waals surface area (Å²) in [7, 11) is 0. The summed E-state index contributed by atoms with van der Waals surface area (Å²) < 4.78 is 6.30. The molecule has 0 radical (unpaired) electrons. The standard InChI is InChI=1S/C19H14Cl4N2OS/c20-11-2-1-10(14(22)6-11)9-26-18-13-5-12(21)7-15(23)19(13)27-16(18)8-17-24-3-4-25-17/h1-7,16,18H,8-9H2,(H,24,25)/t16-,18-/m0/s1. The number of halogens is 4. The average molecular weight is 460 g/mol. The van der Waals surface area contributed by atoms with Gasteiger partial charge in [0.25, 0.3) is 0 Å². The van der Waals surface area contributed by atoms with E-state index < -0.39 is 0 Å². The number of aromatic nitrogens is 2. The Labute approximate surface area is 181 Å². The third-order valence-corrected chi connectivity index (χ3v) is 6.96. The summed E-state index contributed by atoms with van der Waals surface area (Å²) in [6, 6.07) is 9.08. The van der Waals surface area contributed by atoms with Crippen LogP contribution in [0.15, 0.2) is 47.6 Å². The van der Waals surface area contributed by atoms with Crippen molar-refractivity contribution in [2.45, 2.75) is 29.3 Å². The Morgan fingerprint density at radius 3 is 2.59 bits per heavy atom. The van der Waals surface area contributed by atoms with Gasteiger partial charge in [0.05, 0.1) is 17.7 Å². The summed E-state index contributed by atoms with van der Waals surface area (Å²) in [5.41, 5.74) is 1.88. The molecule has 27 heavy (non-hydrogen) atoms. The van der Waals surface area contributed by atoms with E-state index in [2.05, 4.69) is 9.97 Å². The maximum Gasteiger partial charge on any atom is 0.107 e. The van der Waals surface area contributed by atoms with Crippen molar-refractivity contribution < 1.29 is 4.74 Å². The number of rotatable bonds is 5. The SMILES string of the molecule is Clc1ccc(CO[C@H]2c3cc(Cl)cc(Cl)c3S[C@H]2Cc2ncc[nH]2)c(Cl)c1. The Morgan fingerprint density at radius 1 is 1.04 bits per heavy atom. The fourth-order valence-electron chi connectivity index (χ4n) is 3.09. The third-order valence-electron chi connectivity index (χ3n) is 4.33. The molecule has 1 aliphatic heterocycles. The highest BCUT2D eigenvalue weighted by atomic mass is 35.5. The lowest BCUT2D eigenvalue weighted by Crippen LogP contribution is -2.17. The molecule has 2 atom stereocenters. The summed E-state index contributed by atoms with van der Waals surface area (Å²) in [5.74, 6) is 0.903. The van der Waals surface area contributed by atoms with Crippen LogP contribution in [0.3, 0.4) is 0 Å². The van der Waals surface area contributed by atoms with Gasteiger partial charge in [-0.05, 0) is 35.4 Å². The monoisotopic (exact) mass is 458 g/mol. The molecular formula is C19H14Cl4N2OS. The molecule has 0 amide bonds. The summed E-state index contributed by atoms with van der Waals surface area (Å²) >= 11 is 26.6. The number of hydrogen-bond acceptors (Lipinski definition) is 3. The molecule has 3 aromatic rings. The van der Waals surface area contributed by atoms with E-state index >= 15 is 0 Å². The van der Waals surface area contributed by atoms with Crippen LogP contribution in [0.1, 0.15) is 23.1 Å². The first-order chi connectivity index (χ1) is 13.0. The van der Waals surface area contributed by atoms with Gasteiger partial charge in [-0.15, -0.1) is 11.8 Å². The number of imidazole rings is 1. The lowest BCUT2D eigenvalue weighted by molar-refractivity contribution is 0.0392. The van der Waals surface area contributed by atoms with Gasteiger partial charge in [0, 0.05) is 44.0 Å². The molecule has 0 saturated carbocycles. The van der Waals surface area contributed by atoms with Crippen LogP contribution >= 0.6 is 58.2 Å². The van der Waals surface area contributed by atoms with Gasteiger partial charge in [0.2, 0.25) is 0 Å². The summed E-state index contributed by atoms with van der Waals surface area (Å²) in [6.45, 7) is 0.361. The molecule has 3 nitrogen and oxygen atoms in total. The first kappa shape index (κ1) is 19.4. The zero-order valence-electron chi connectivity index (χ0n) is 13.9. The molecule has 1 aliphatic rings. The van der Waals surface area contributed by atoms with Crippen LogP contribution in [0.4, 0.5) is 0 Å². The summed E-state index contributed by atoms with van der Waals surface area (Å²) in [4.78, 5) is 8.50. The van der Waals surface area contributed by atoms with Gasteiger partial charge < -0.3 is 9.72 Å². The second kappa shape index (κ2) is 8.24.